The van der Waals surface area contributed by atoms with Crippen molar-refractivity contribution >= 4 is 16.4 Å². The lowest BCUT2D eigenvalue weighted by atomic mass is 11.1. The summed E-state index contributed by atoms with van der Waals surface area (Å²) in [5.74, 6) is -0.197. The molecule has 0 saturated heterocycles. The van der Waals surface area contributed by atoms with Crippen molar-refractivity contribution in [3.8, 4) is 6.19 Å². The molecule has 0 aromatic carbocycles. The Labute approximate surface area is 62.7 Å². The zero-order valence-corrected chi connectivity index (χ0v) is 5.98. The summed E-state index contributed by atoms with van der Waals surface area (Å²) in [7, 11) is -4.67. The molecule has 0 rings (SSSR count). The van der Waals surface area contributed by atoms with Crippen molar-refractivity contribution in [3.63, 3.8) is 0 Å². The predicted molar refractivity (Wildman–Crippen MR) is 35.6 cm³/mol. The first-order chi connectivity index (χ1) is 4.77. The number of rotatable bonds is 0. The highest BCUT2D eigenvalue weighted by molar-refractivity contribution is 7.79. The molecule has 0 aromatic heterocycles. The van der Waals surface area contributed by atoms with Gasteiger partial charge in [-0.05, 0) is 0 Å². The lowest BCUT2D eigenvalue weighted by Crippen LogP contribution is -2.21. The Morgan fingerprint density at radius 1 is 1.45 bits per heavy atom. The zero-order chi connectivity index (χ0) is 9.49. The third kappa shape index (κ3) is 143. The molecule has 0 unspecified atom stereocenters. The van der Waals surface area contributed by atoms with Gasteiger partial charge in [0.05, 0.1) is 0 Å². The molecule has 64 valence electrons. The minimum atomic E-state index is -4.67. The predicted octanol–water partition coefficient (Wildman–Crippen LogP) is -1.91. The van der Waals surface area contributed by atoms with Gasteiger partial charge in [-0.1, -0.05) is 0 Å². The van der Waals surface area contributed by atoms with Gasteiger partial charge in [0.15, 0.2) is 0 Å². The highest BCUT2D eigenvalue weighted by Crippen LogP contribution is 1.59. The van der Waals surface area contributed by atoms with E-state index in [0.29, 0.717) is 0 Å². The monoisotopic (exact) mass is 182 g/mol. The van der Waals surface area contributed by atoms with E-state index in [4.69, 9.17) is 34.3 Å². The van der Waals surface area contributed by atoms with Crippen LogP contribution in [0, 0.1) is 11.5 Å². The van der Waals surface area contributed by atoms with Gasteiger partial charge in [-0.15, -0.1) is 4.99 Å². The Hall–Kier alpha value is -1.37. The molecule has 6 N–H and O–H groups in total. The first-order valence-corrected chi connectivity index (χ1v) is 3.34. The second-order valence-corrected chi connectivity index (χ2v) is 1.98. The van der Waals surface area contributed by atoms with Crippen LogP contribution in [0.4, 0.5) is 0 Å². The summed E-state index contributed by atoms with van der Waals surface area (Å²) in [4.78, 5) is 2.90. The molecular formula is C2H6N4O4S. The molecule has 0 heterocycles. The second-order valence-electron chi connectivity index (χ2n) is 1.08. The molecule has 0 bridgehead atoms. The maximum atomic E-state index is 8.74. The van der Waals surface area contributed by atoms with Crippen molar-refractivity contribution < 1.29 is 17.5 Å². The number of guanidine groups is 1. The highest BCUT2D eigenvalue weighted by atomic mass is 32.3. The molecule has 0 amide bonds. The van der Waals surface area contributed by atoms with Crippen molar-refractivity contribution in [2.24, 2.45) is 16.5 Å². The second kappa shape index (κ2) is 5.42. The van der Waals surface area contributed by atoms with Crippen molar-refractivity contribution in [2.75, 3.05) is 0 Å². The van der Waals surface area contributed by atoms with Crippen molar-refractivity contribution in [1.29, 1.82) is 5.26 Å². The third-order valence-corrected chi connectivity index (χ3v) is 0.179. The number of hydrogen-bond donors (Lipinski definition) is 4. The van der Waals surface area contributed by atoms with Crippen LogP contribution < -0.4 is 11.5 Å². The lowest BCUT2D eigenvalue weighted by Gasteiger charge is -1.74. The van der Waals surface area contributed by atoms with Gasteiger partial charge in [0, 0.05) is 0 Å². The fraction of sp³-hybridized carbons (Fsp3) is 0. The quantitative estimate of drug-likeness (QED) is 0.147. The van der Waals surface area contributed by atoms with E-state index in [0.717, 1.165) is 0 Å². The molecule has 8 nitrogen and oxygen atoms in total. The normalized spacial score (nSPS) is 8.45. The molecular weight excluding hydrogens is 176 g/mol. The average molecular weight is 182 g/mol. The fourth-order valence-electron chi connectivity index (χ4n) is 0.0577. The van der Waals surface area contributed by atoms with Gasteiger partial charge in [0.25, 0.3) is 0 Å². The van der Waals surface area contributed by atoms with Gasteiger partial charge in [-0.2, -0.15) is 13.7 Å². The zero-order valence-electron chi connectivity index (χ0n) is 5.17. The van der Waals surface area contributed by atoms with E-state index in [1.807, 2.05) is 0 Å². The van der Waals surface area contributed by atoms with E-state index in [1.54, 1.807) is 0 Å². The van der Waals surface area contributed by atoms with Gasteiger partial charge >= 0.3 is 10.4 Å². The molecule has 0 saturated carbocycles. The molecule has 0 aliphatic heterocycles. The van der Waals surface area contributed by atoms with E-state index in [2.05, 4.69) is 4.99 Å². The van der Waals surface area contributed by atoms with Gasteiger partial charge in [-0.25, -0.2) is 0 Å². The Balaban J connectivity index is 0. The van der Waals surface area contributed by atoms with Crippen LogP contribution in [0.5, 0.6) is 0 Å². The largest absolute Gasteiger partial charge is 0.394 e. The third-order valence-electron chi connectivity index (χ3n) is 0.179. The van der Waals surface area contributed by atoms with E-state index in [9.17, 15) is 0 Å². The van der Waals surface area contributed by atoms with Crippen LogP contribution in [0.25, 0.3) is 0 Å². The SMILES string of the molecule is N#CN=C(N)N.O=S(=O)(O)O. The van der Waals surface area contributed by atoms with E-state index in [-0.39, 0.29) is 5.96 Å². The number of nitriles is 1. The van der Waals surface area contributed by atoms with Crippen LogP contribution in [0.15, 0.2) is 4.99 Å². The van der Waals surface area contributed by atoms with Gasteiger partial charge in [0.1, 0.15) is 0 Å². The Morgan fingerprint density at radius 2 is 1.73 bits per heavy atom. The van der Waals surface area contributed by atoms with Crippen LogP contribution in [0.3, 0.4) is 0 Å². The summed E-state index contributed by atoms with van der Waals surface area (Å²) in [6.07, 6.45) is 1.41. The standard InChI is InChI=1S/C2H4N4.H2O4S/c3-1-6-2(4)5;1-5(2,3)4/h(H4,4,5,6);(H2,1,2,3,4). The van der Waals surface area contributed by atoms with Crippen molar-refractivity contribution in [3.05, 3.63) is 0 Å². The molecule has 9 heteroatoms. The highest BCUT2D eigenvalue weighted by Gasteiger charge is 1.84. The molecule has 0 aliphatic carbocycles. The minimum absolute atomic E-state index is 0.197. The first-order valence-electron chi connectivity index (χ1n) is 1.95. The molecule has 11 heavy (non-hydrogen) atoms. The fourth-order valence-corrected chi connectivity index (χ4v) is 0.0577. The van der Waals surface area contributed by atoms with Crippen LogP contribution in [-0.4, -0.2) is 23.5 Å². The summed E-state index contributed by atoms with van der Waals surface area (Å²) in [6, 6.07) is 0. The van der Waals surface area contributed by atoms with E-state index < -0.39 is 10.4 Å². The molecule has 0 radical (unpaired) electrons. The smallest absolute Gasteiger partial charge is 0.369 e. The maximum absolute atomic E-state index is 8.74. The number of nitrogens with zero attached hydrogens (tertiary/aromatic N) is 2. The summed E-state index contributed by atoms with van der Waals surface area (Å²) >= 11 is 0. The van der Waals surface area contributed by atoms with Gasteiger partial charge < -0.3 is 11.5 Å². The van der Waals surface area contributed by atoms with Crippen molar-refractivity contribution in [2.45, 2.75) is 0 Å². The Kier molecular flexibility index (Phi) is 6.07. The molecule has 0 spiro atoms. The maximum Gasteiger partial charge on any atom is 0.394 e. The van der Waals surface area contributed by atoms with E-state index in [1.165, 1.54) is 6.19 Å². The summed E-state index contributed by atoms with van der Waals surface area (Å²) < 4.78 is 31.6. The molecule has 0 atom stereocenters. The van der Waals surface area contributed by atoms with E-state index >= 15 is 0 Å². The number of nitrogens with two attached hydrogens (primary N) is 2. The van der Waals surface area contributed by atoms with Gasteiger partial charge in [-0.3, -0.25) is 9.11 Å². The van der Waals surface area contributed by atoms with Gasteiger partial charge in [0.2, 0.25) is 12.2 Å². The Morgan fingerprint density at radius 3 is 1.73 bits per heavy atom. The number of hydrogen-bond acceptors (Lipinski definition) is 4. The summed E-state index contributed by atoms with van der Waals surface area (Å²) in [6.45, 7) is 0. The lowest BCUT2D eigenvalue weighted by molar-refractivity contribution is 0.381. The molecule has 0 aliphatic rings. The minimum Gasteiger partial charge on any atom is -0.369 e. The van der Waals surface area contributed by atoms with Crippen molar-refractivity contribution in [1.82, 2.24) is 0 Å². The average Bonchev–Trinajstić information content (AvgIpc) is 1.58. The Bertz CT molecular complexity index is 248. The molecule has 0 fully saturated rings. The van der Waals surface area contributed by atoms with Crippen LogP contribution in [0.2, 0.25) is 0 Å². The summed E-state index contributed by atoms with van der Waals surface area (Å²) in [5.41, 5.74) is 9.42. The van der Waals surface area contributed by atoms with Crippen LogP contribution >= 0.6 is 0 Å². The first kappa shape index (κ1) is 12.3. The number of aliphatic imine (C=N–C) groups is 1. The topological polar surface area (TPSA) is 163 Å². The molecule has 0 aromatic rings. The summed E-state index contributed by atoms with van der Waals surface area (Å²) in [5, 5.41) is 7.64. The van der Waals surface area contributed by atoms with Crippen LogP contribution in [0.1, 0.15) is 0 Å². The van der Waals surface area contributed by atoms with Crippen LogP contribution in [-0.2, 0) is 10.4 Å².